The number of aliphatic hydroxyl groups excluding tert-OH is 1. The quantitative estimate of drug-likeness (QED) is 0.838. The molecule has 1 aliphatic heterocycles. The minimum absolute atomic E-state index is 0.283. The van der Waals surface area contributed by atoms with E-state index >= 15 is 0 Å². The van der Waals surface area contributed by atoms with E-state index in [1.165, 1.54) is 12.0 Å². The fourth-order valence-electron chi connectivity index (χ4n) is 3.22. The lowest BCUT2D eigenvalue weighted by molar-refractivity contribution is 0.126. The summed E-state index contributed by atoms with van der Waals surface area (Å²) in [6.07, 6.45) is 1.18. The van der Waals surface area contributed by atoms with Gasteiger partial charge in [-0.2, -0.15) is 0 Å². The SMILES string of the molecule is Cc1ccc(OCC2CC(C)N(CC(CO)C(C)C)C2)cc1. The standard InChI is InChI=1S/C19H31NO2/c1-14(2)18(12-21)11-20-10-17(9-16(20)4)13-22-19-7-5-15(3)6-8-19/h5-8,14,16-18,21H,9-13H2,1-4H3. The van der Waals surface area contributed by atoms with Gasteiger partial charge in [0.1, 0.15) is 5.75 Å². The smallest absolute Gasteiger partial charge is 0.119 e. The van der Waals surface area contributed by atoms with Gasteiger partial charge in [-0.05, 0) is 44.2 Å². The predicted molar refractivity (Wildman–Crippen MR) is 91.2 cm³/mol. The van der Waals surface area contributed by atoms with Crippen molar-refractivity contribution in [2.45, 2.75) is 40.2 Å². The Bertz CT molecular complexity index is 443. The van der Waals surface area contributed by atoms with Gasteiger partial charge in [-0.1, -0.05) is 31.5 Å². The van der Waals surface area contributed by atoms with Crippen molar-refractivity contribution in [3.63, 3.8) is 0 Å². The van der Waals surface area contributed by atoms with Crippen molar-refractivity contribution in [3.8, 4) is 5.75 Å². The molecule has 0 radical (unpaired) electrons. The second-order valence-electron chi connectivity index (χ2n) is 7.22. The molecule has 0 bridgehead atoms. The van der Waals surface area contributed by atoms with Gasteiger partial charge in [0.2, 0.25) is 0 Å². The summed E-state index contributed by atoms with van der Waals surface area (Å²) >= 11 is 0. The largest absolute Gasteiger partial charge is 0.493 e. The molecule has 0 saturated carbocycles. The molecule has 124 valence electrons. The topological polar surface area (TPSA) is 32.7 Å². The van der Waals surface area contributed by atoms with Gasteiger partial charge in [0, 0.05) is 31.7 Å². The van der Waals surface area contributed by atoms with Gasteiger partial charge in [-0.15, -0.1) is 0 Å². The molecule has 2 rings (SSSR count). The number of hydrogen-bond acceptors (Lipinski definition) is 3. The zero-order chi connectivity index (χ0) is 16.1. The molecule has 0 amide bonds. The van der Waals surface area contributed by atoms with Gasteiger partial charge < -0.3 is 9.84 Å². The number of aliphatic hydroxyl groups is 1. The fraction of sp³-hybridized carbons (Fsp3) is 0.684. The van der Waals surface area contributed by atoms with E-state index in [-0.39, 0.29) is 6.61 Å². The molecule has 1 N–H and O–H groups in total. The number of aryl methyl sites for hydroxylation is 1. The van der Waals surface area contributed by atoms with Crippen LogP contribution in [-0.2, 0) is 0 Å². The Labute approximate surface area is 135 Å². The van der Waals surface area contributed by atoms with Crippen molar-refractivity contribution >= 4 is 0 Å². The van der Waals surface area contributed by atoms with E-state index in [1.54, 1.807) is 0 Å². The maximum Gasteiger partial charge on any atom is 0.119 e. The van der Waals surface area contributed by atoms with E-state index in [2.05, 4.69) is 44.7 Å². The molecule has 1 aromatic rings. The summed E-state index contributed by atoms with van der Waals surface area (Å²) in [4.78, 5) is 2.52. The van der Waals surface area contributed by atoms with Crippen molar-refractivity contribution in [2.75, 3.05) is 26.3 Å². The van der Waals surface area contributed by atoms with E-state index < -0.39 is 0 Å². The number of hydrogen-bond donors (Lipinski definition) is 1. The van der Waals surface area contributed by atoms with Crippen molar-refractivity contribution < 1.29 is 9.84 Å². The van der Waals surface area contributed by atoms with Crippen molar-refractivity contribution in [3.05, 3.63) is 29.8 Å². The Kier molecular flexibility index (Phi) is 6.27. The molecule has 3 atom stereocenters. The van der Waals surface area contributed by atoms with E-state index in [1.807, 2.05) is 12.1 Å². The molecule has 1 saturated heterocycles. The van der Waals surface area contributed by atoms with Crippen LogP contribution in [0.15, 0.2) is 24.3 Å². The number of ether oxygens (including phenoxy) is 1. The summed E-state index contributed by atoms with van der Waals surface area (Å²) < 4.78 is 5.94. The Balaban J connectivity index is 1.81. The molecule has 0 aromatic heterocycles. The molecule has 3 heteroatoms. The van der Waals surface area contributed by atoms with Crippen LogP contribution in [0.3, 0.4) is 0 Å². The first-order chi connectivity index (χ1) is 10.5. The van der Waals surface area contributed by atoms with E-state index in [0.29, 0.717) is 23.8 Å². The third kappa shape index (κ3) is 4.72. The zero-order valence-corrected chi connectivity index (χ0v) is 14.5. The minimum atomic E-state index is 0.283. The van der Waals surface area contributed by atoms with E-state index in [4.69, 9.17) is 4.74 Å². The summed E-state index contributed by atoms with van der Waals surface area (Å²) in [5, 5.41) is 9.53. The summed E-state index contributed by atoms with van der Waals surface area (Å²) in [5.74, 6) is 2.45. The fourth-order valence-corrected chi connectivity index (χ4v) is 3.22. The molecule has 1 heterocycles. The highest BCUT2D eigenvalue weighted by atomic mass is 16.5. The van der Waals surface area contributed by atoms with Gasteiger partial charge in [0.15, 0.2) is 0 Å². The maximum absolute atomic E-state index is 9.53. The molecule has 0 spiro atoms. The van der Waals surface area contributed by atoms with Crippen molar-refractivity contribution in [2.24, 2.45) is 17.8 Å². The van der Waals surface area contributed by atoms with Gasteiger partial charge in [-0.25, -0.2) is 0 Å². The molecular weight excluding hydrogens is 274 g/mol. The third-order valence-corrected chi connectivity index (χ3v) is 4.94. The summed E-state index contributed by atoms with van der Waals surface area (Å²) in [5.41, 5.74) is 1.26. The first kappa shape index (κ1) is 17.3. The Morgan fingerprint density at radius 2 is 1.95 bits per heavy atom. The summed E-state index contributed by atoms with van der Waals surface area (Å²) in [7, 11) is 0. The Hall–Kier alpha value is -1.06. The molecular formula is C19H31NO2. The molecule has 1 fully saturated rings. The highest BCUT2D eigenvalue weighted by molar-refractivity contribution is 5.26. The number of likely N-dealkylation sites (tertiary alicyclic amines) is 1. The lowest BCUT2D eigenvalue weighted by Crippen LogP contribution is -2.36. The van der Waals surface area contributed by atoms with Crippen LogP contribution in [-0.4, -0.2) is 42.4 Å². The highest BCUT2D eigenvalue weighted by Crippen LogP contribution is 2.26. The summed E-state index contributed by atoms with van der Waals surface area (Å²) in [6.45, 7) is 11.9. The Morgan fingerprint density at radius 1 is 1.27 bits per heavy atom. The van der Waals surface area contributed by atoms with E-state index in [9.17, 15) is 5.11 Å². The second kappa shape index (κ2) is 7.98. The van der Waals surface area contributed by atoms with Crippen LogP contribution >= 0.6 is 0 Å². The highest BCUT2D eigenvalue weighted by Gasteiger charge is 2.31. The van der Waals surface area contributed by atoms with Gasteiger partial charge in [0.05, 0.1) is 6.61 Å². The van der Waals surface area contributed by atoms with Crippen LogP contribution in [0.1, 0.15) is 32.8 Å². The molecule has 1 aliphatic rings. The van der Waals surface area contributed by atoms with Crippen LogP contribution in [0.4, 0.5) is 0 Å². The van der Waals surface area contributed by atoms with Crippen LogP contribution in [0, 0.1) is 24.7 Å². The third-order valence-electron chi connectivity index (χ3n) is 4.94. The lowest BCUT2D eigenvalue weighted by Gasteiger charge is -2.28. The van der Waals surface area contributed by atoms with E-state index in [0.717, 1.165) is 25.4 Å². The van der Waals surface area contributed by atoms with Crippen LogP contribution in [0.5, 0.6) is 5.75 Å². The average molecular weight is 305 g/mol. The summed E-state index contributed by atoms with van der Waals surface area (Å²) in [6, 6.07) is 8.86. The monoisotopic (exact) mass is 305 g/mol. The second-order valence-corrected chi connectivity index (χ2v) is 7.22. The van der Waals surface area contributed by atoms with Gasteiger partial charge in [0.25, 0.3) is 0 Å². The van der Waals surface area contributed by atoms with Gasteiger partial charge in [-0.3, -0.25) is 4.90 Å². The maximum atomic E-state index is 9.53. The van der Waals surface area contributed by atoms with Crippen LogP contribution < -0.4 is 4.74 Å². The number of nitrogens with zero attached hydrogens (tertiary/aromatic N) is 1. The predicted octanol–water partition coefficient (Wildman–Crippen LogP) is 3.35. The van der Waals surface area contributed by atoms with Gasteiger partial charge >= 0.3 is 0 Å². The molecule has 3 unspecified atom stereocenters. The average Bonchev–Trinajstić information content (AvgIpc) is 2.84. The molecule has 0 aliphatic carbocycles. The Morgan fingerprint density at radius 3 is 2.55 bits per heavy atom. The molecule has 22 heavy (non-hydrogen) atoms. The first-order valence-electron chi connectivity index (χ1n) is 8.54. The number of rotatable bonds is 7. The zero-order valence-electron chi connectivity index (χ0n) is 14.5. The van der Waals surface area contributed by atoms with Crippen molar-refractivity contribution in [1.29, 1.82) is 0 Å². The first-order valence-corrected chi connectivity index (χ1v) is 8.54. The molecule has 3 nitrogen and oxygen atoms in total. The number of benzene rings is 1. The minimum Gasteiger partial charge on any atom is -0.493 e. The van der Waals surface area contributed by atoms with Crippen LogP contribution in [0.2, 0.25) is 0 Å². The van der Waals surface area contributed by atoms with Crippen molar-refractivity contribution in [1.82, 2.24) is 4.90 Å². The lowest BCUT2D eigenvalue weighted by atomic mass is 9.96. The van der Waals surface area contributed by atoms with Crippen LogP contribution in [0.25, 0.3) is 0 Å². The normalized spacial score (nSPS) is 23.9. The molecule has 1 aromatic carbocycles.